The van der Waals surface area contributed by atoms with E-state index in [2.05, 4.69) is 31.1 Å². The van der Waals surface area contributed by atoms with Gasteiger partial charge in [-0.05, 0) is 24.8 Å². The summed E-state index contributed by atoms with van der Waals surface area (Å²) in [7, 11) is 1.86. The summed E-state index contributed by atoms with van der Waals surface area (Å²) in [6.07, 6.45) is 5.43. The van der Waals surface area contributed by atoms with Crippen molar-refractivity contribution in [1.29, 1.82) is 0 Å². The molecule has 0 aliphatic rings. The van der Waals surface area contributed by atoms with Crippen molar-refractivity contribution in [3.8, 4) is 0 Å². The fourth-order valence-electron chi connectivity index (χ4n) is 1.74. The van der Waals surface area contributed by atoms with Gasteiger partial charge in [0.15, 0.2) is 0 Å². The van der Waals surface area contributed by atoms with Crippen LogP contribution in [0.1, 0.15) is 44.0 Å². The summed E-state index contributed by atoms with van der Waals surface area (Å²) in [4.78, 5) is 18.3. The maximum Gasteiger partial charge on any atom is 0.255 e. The number of pyridine rings is 1. The maximum atomic E-state index is 12.4. The smallest absolute Gasteiger partial charge is 0.255 e. The Hall–Kier alpha value is -1.58. The van der Waals surface area contributed by atoms with E-state index in [9.17, 15) is 4.79 Å². The predicted octanol–water partition coefficient (Wildman–Crippen LogP) is 3.02. The van der Waals surface area contributed by atoms with Crippen molar-refractivity contribution in [2.45, 2.75) is 33.6 Å². The van der Waals surface area contributed by atoms with Gasteiger partial charge >= 0.3 is 0 Å². The van der Waals surface area contributed by atoms with E-state index in [0.717, 1.165) is 31.6 Å². The molecule has 1 N–H and O–H groups in total. The van der Waals surface area contributed by atoms with Gasteiger partial charge in [-0.15, -0.1) is 0 Å². The van der Waals surface area contributed by atoms with E-state index in [1.165, 1.54) is 0 Å². The number of nitrogens with one attached hydrogen (secondary N) is 1. The van der Waals surface area contributed by atoms with Crippen LogP contribution >= 0.6 is 0 Å². The molecule has 1 heterocycles. The first-order valence-corrected chi connectivity index (χ1v) is 6.99. The maximum absolute atomic E-state index is 12.4. The second-order valence-corrected chi connectivity index (χ2v) is 5.26. The molecule has 0 atom stereocenters. The highest BCUT2D eigenvalue weighted by atomic mass is 16.2. The Morgan fingerprint density at radius 3 is 2.84 bits per heavy atom. The summed E-state index contributed by atoms with van der Waals surface area (Å²) < 4.78 is 0. The first-order valence-electron chi connectivity index (χ1n) is 6.99. The van der Waals surface area contributed by atoms with Gasteiger partial charge in [0.2, 0.25) is 0 Å². The standard InChI is InChI=1S/C15H25N3O/c1-5-8-17-14-11-16-9-6-13(14)15(19)18(4)10-7-12(2)3/h6,9,11-12,17H,5,7-8,10H2,1-4H3. The fourth-order valence-corrected chi connectivity index (χ4v) is 1.74. The van der Waals surface area contributed by atoms with Crippen molar-refractivity contribution in [3.63, 3.8) is 0 Å². The molecular formula is C15H25N3O. The lowest BCUT2D eigenvalue weighted by Gasteiger charge is -2.20. The van der Waals surface area contributed by atoms with Crippen LogP contribution in [0.5, 0.6) is 0 Å². The van der Waals surface area contributed by atoms with Gasteiger partial charge < -0.3 is 10.2 Å². The van der Waals surface area contributed by atoms with Gasteiger partial charge in [-0.25, -0.2) is 0 Å². The molecule has 0 bridgehead atoms. The lowest BCUT2D eigenvalue weighted by Crippen LogP contribution is -2.29. The molecule has 0 radical (unpaired) electrons. The minimum absolute atomic E-state index is 0.0571. The van der Waals surface area contributed by atoms with Crippen LogP contribution in [0, 0.1) is 5.92 Å². The first-order chi connectivity index (χ1) is 9.06. The van der Waals surface area contributed by atoms with E-state index in [-0.39, 0.29) is 5.91 Å². The summed E-state index contributed by atoms with van der Waals surface area (Å²) in [6, 6.07) is 1.78. The van der Waals surface area contributed by atoms with Gasteiger partial charge in [-0.1, -0.05) is 20.8 Å². The molecule has 4 nitrogen and oxygen atoms in total. The van der Waals surface area contributed by atoms with E-state index in [1.54, 1.807) is 23.4 Å². The number of carbonyl (C=O) groups excluding carboxylic acids is 1. The zero-order valence-electron chi connectivity index (χ0n) is 12.4. The molecule has 19 heavy (non-hydrogen) atoms. The van der Waals surface area contributed by atoms with Crippen LogP contribution in [0.25, 0.3) is 0 Å². The molecule has 1 amide bonds. The molecule has 1 aromatic rings. The van der Waals surface area contributed by atoms with Crippen LogP contribution in [0.3, 0.4) is 0 Å². The van der Waals surface area contributed by atoms with E-state index in [4.69, 9.17) is 0 Å². The molecule has 0 spiro atoms. The highest BCUT2D eigenvalue weighted by Crippen LogP contribution is 2.16. The molecule has 1 rings (SSSR count). The zero-order chi connectivity index (χ0) is 14.3. The Balaban J connectivity index is 2.74. The van der Waals surface area contributed by atoms with Gasteiger partial charge in [0.05, 0.1) is 17.4 Å². The number of anilines is 1. The average molecular weight is 263 g/mol. The van der Waals surface area contributed by atoms with Gasteiger partial charge in [0, 0.05) is 26.3 Å². The van der Waals surface area contributed by atoms with E-state index in [1.807, 2.05) is 7.05 Å². The highest BCUT2D eigenvalue weighted by Gasteiger charge is 2.15. The second kappa shape index (κ2) is 7.77. The van der Waals surface area contributed by atoms with Crippen LogP contribution in [0.2, 0.25) is 0 Å². The summed E-state index contributed by atoms with van der Waals surface area (Å²) >= 11 is 0. The summed E-state index contributed by atoms with van der Waals surface area (Å²) in [5.74, 6) is 0.659. The van der Waals surface area contributed by atoms with Crippen molar-refractivity contribution in [2.24, 2.45) is 5.92 Å². The lowest BCUT2D eigenvalue weighted by molar-refractivity contribution is 0.0790. The van der Waals surface area contributed by atoms with Crippen LogP contribution in [-0.2, 0) is 0 Å². The van der Waals surface area contributed by atoms with Gasteiger partial charge in [-0.2, -0.15) is 0 Å². The molecule has 0 unspecified atom stereocenters. The second-order valence-electron chi connectivity index (χ2n) is 5.26. The summed E-state index contributed by atoms with van der Waals surface area (Å²) in [5, 5.41) is 3.25. The molecular weight excluding hydrogens is 238 g/mol. The third-order valence-electron chi connectivity index (χ3n) is 3.01. The zero-order valence-corrected chi connectivity index (χ0v) is 12.4. The molecule has 0 aromatic carbocycles. The summed E-state index contributed by atoms with van der Waals surface area (Å²) in [6.45, 7) is 8.06. The van der Waals surface area contributed by atoms with Crippen molar-refractivity contribution in [3.05, 3.63) is 24.0 Å². The Morgan fingerprint density at radius 2 is 2.21 bits per heavy atom. The lowest BCUT2D eigenvalue weighted by atomic mass is 10.1. The van der Waals surface area contributed by atoms with E-state index < -0.39 is 0 Å². The molecule has 0 aliphatic carbocycles. The average Bonchev–Trinajstić information content (AvgIpc) is 2.42. The molecule has 0 saturated carbocycles. The molecule has 1 aromatic heterocycles. The van der Waals surface area contributed by atoms with Crippen molar-refractivity contribution < 1.29 is 4.79 Å². The normalized spacial score (nSPS) is 10.6. The number of rotatable bonds is 7. The SMILES string of the molecule is CCCNc1cnccc1C(=O)N(C)CCC(C)C. The molecule has 106 valence electrons. The Bertz CT molecular complexity index is 404. The van der Waals surface area contributed by atoms with E-state index >= 15 is 0 Å². The number of aromatic nitrogens is 1. The monoisotopic (exact) mass is 263 g/mol. The number of amides is 1. The van der Waals surface area contributed by atoms with Crippen LogP contribution in [0.4, 0.5) is 5.69 Å². The van der Waals surface area contributed by atoms with Gasteiger partial charge in [0.25, 0.3) is 5.91 Å². The third-order valence-corrected chi connectivity index (χ3v) is 3.01. The fraction of sp³-hybridized carbons (Fsp3) is 0.600. The van der Waals surface area contributed by atoms with Crippen LogP contribution < -0.4 is 5.32 Å². The number of carbonyl (C=O) groups is 1. The van der Waals surface area contributed by atoms with Crippen molar-refractivity contribution in [2.75, 3.05) is 25.5 Å². The molecule has 0 fully saturated rings. The highest BCUT2D eigenvalue weighted by molar-refractivity contribution is 5.99. The Kier molecular flexibility index (Phi) is 6.33. The Morgan fingerprint density at radius 1 is 1.47 bits per heavy atom. The Labute approximate surface area is 116 Å². The van der Waals surface area contributed by atoms with Gasteiger partial charge in [-0.3, -0.25) is 9.78 Å². The first kappa shape index (κ1) is 15.5. The van der Waals surface area contributed by atoms with Crippen LogP contribution in [0.15, 0.2) is 18.5 Å². The number of hydrogen-bond donors (Lipinski definition) is 1. The minimum Gasteiger partial charge on any atom is -0.383 e. The predicted molar refractivity (Wildman–Crippen MR) is 79.4 cm³/mol. The minimum atomic E-state index is 0.0571. The third kappa shape index (κ3) is 4.89. The number of nitrogens with zero attached hydrogens (tertiary/aromatic N) is 2. The molecule has 0 saturated heterocycles. The summed E-state index contributed by atoms with van der Waals surface area (Å²) in [5.41, 5.74) is 1.53. The van der Waals surface area contributed by atoms with Crippen molar-refractivity contribution in [1.82, 2.24) is 9.88 Å². The molecule has 4 heteroatoms. The number of hydrogen-bond acceptors (Lipinski definition) is 3. The largest absolute Gasteiger partial charge is 0.383 e. The van der Waals surface area contributed by atoms with Crippen molar-refractivity contribution >= 4 is 11.6 Å². The quantitative estimate of drug-likeness (QED) is 0.822. The van der Waals surface area contributed by atoms with E-state index in [0.29, 0.717) is 11.5 Å². The van der Waals surface area contributed by atoms with Gasteiger partial charge in [0.1, 0.15) is 0 Å². The molecule has 0 aliphatic heterocycles. The van der Waals surface area contributed by atoms with Crippen LogP contribution in [-0.4, -0.2) is 35.9 Å². The topological polar surface area (TPSA) is 45.2 Å².